The molecule has 0 aromatic heterocycles. The van der Waals surface area contributed by atoms with Crippen molar-refractivity contribution in [1.82, 2.24) is 10.2 Å². The molecule has 1 aromatic carbocycles. The summed E-state index contributed by atoms with van der Waals surface area (Å²) in [5, 5.41) is 3.31. The summed E-state index contributed by atoms with van der Waals surface area (Å²) >= 11 is 0. The largest absolute Gasteiger partial charge is 0.341 e. The summed E-state index contributed by atoms with van der Waals surface area (Å²) in [6.45, 7) is 1.85. The van der Waals surface area contributed by atoms with Crippen LogP contribution in [0.1, 0.15) is 31.2 Å². The average molecular weight is 286 g/mol. The third kappa shape index (κ3) is 3.85. The average Bonchev–Trinajstić information content (AvgIpc) is 3.25. The van der Waals surface area contributed by atoms with Crippen LogP contribution in [0.25, 0.3) is 0 Å². The summed E-state index contributed by atoms with van der Waals surface area (Å²) in [6.07, 6.45) is 5.45. The number of rotatable bonds is 5. The highest BCUT2D eigenvalue weighted by Crippen LogP contribution is 2.43. The third-order valence-electron chi connectivity index (χ3n) is 5.03. The SMILES string of the molecule is CNC1CCCN(C(=O)C[C@@H]2C[C@H]2Cc2ccccc2)C1. The van der Waals surface area contributed by atoms with Crippen molar-refractivity contribution >= 4 is 5.91 Å². The summed E-state index contributed by atoms with van der Waals surface area (Å²) in [7, 11) is 2.00. The highest BCUT2D eigenvalue weighted by atomic mass is 16.2. The van der Waals surface area contributed by atoms with Crippen molar-refractivity contribution in [2.75, 3.05) is 20.1 Å². The van der Waals surface area contributed by atoms with Gasteiger partial charge in [0.05, 0.1) is 0 Å². The Balaban J connectivity index is 1.44. The number of likely N-dealkylation sites (N-methyl/N-ethyl adjacent to an activating group) is 1. The van der Waals surface area contributed by atoms with Crippen LogP contribution in [-0.2, 0) is 11.2 Å². The van der Waals surface area contributed by atoms with Gasteiger partial charge in [-0.1, -0.05) is 30.3 Å². The molecule has 1 aliphatic heterocycles. The first-order valence-electron chi connectivity index (χ1n) is 8.25. The van der Waals surface area contributed by atoms with Gasteiger partial charge in [-0.2, -0.15) is 0 Å². The fourth-order valence-corrected chi connectivity index (χ4v) is 3.52. The zero-order chi connectivity index (χ0) is 14.7. The van der Waals surface area contributed by atoms with E-state index in [1.54, 1.807) is 0 Å². The lowest BCUT2D eigenvalue weighted by atomic mass is 10.0. The Hall–Kier alpha value is -1.35. The number of nitrogens with one attached hydrogen (secondary N) is 1. The second-order valence-corrected chi connectivity index (χ2v) is 6.62. The van der Waals surface area contributed by atoms with Crippen molar-refractivity contribution < 1.29 is 4.79 Å². The standard InChI is InChI=1S/C18H26N2O/c1-19-17-8-5-9-20(13-17)18(21)12-16-11-15(16)10-14-6-3-2-4-7-14/h2-4,6-7,15-17,19H,5,8-13H2,1H3/t15-,16+,17?/m1/s1. The Morgan fingerprint density at radius 1 is 1.29 bits per heavy atom. The van der Waals surface area contributed by atoms with E-state index >= 15 is 0 Å². The molecule has 21 heavy (non-hydrogen) atoms. The molecule has 0 spiro atoms. The van der Waals surface area contributed by atoms with Gasteiger partial charge in [-0.3, -0.25) is 4.79 Å². The van der Waals surface area contributed by atoms with Crippen LogP contribution >= 0.6 is 0 Å². The second-order valence-electron chi connectivity index (χ2n) is 6.62. The van der Waals surface area contributed by atoms with E-state index in [2.05, 4.69) is 40.5 Å². The Morgan fingerprint density at radius 2 is 2.10 bits per heavy atom. The molecule has 1 aromatic rings. The van der Waals surface area contributed by atoms with Gasteiger partial charge in [0.1, 0.15) is 0 Å². The van der Waals surface area contributed by atoms with E-state index < -0.39 is 0 Å². The van der Waals surface area contributed by atoms with Gasteiger partial charge in [-0.25, -0.2) is 0 Å². The molecular weight excluding hydrogens is 260 g/mol. The molecule has 3 rings (SSSR count). The molecule has 114 valence electrons. The van der Waals surface area contributed by atoms with Gasteiger partial charge in [0.25, 0.3) is 0 Å². The molecule has 1 heterocycles. The van der Waals surface area contributed by atoms with Crippen LogP contribution in [0.2, 0.25) is 0 Å². The third-order valence-corrected chi connectivity index (χ3v) is 5.03. The topological polar surface area (TPSA) is 32.3 Å². The van der Waals surface area contributed by atoms with Crippen LogP contribution in [0, 0.1) is 11.8 Å². The van der Waals surface area contributed by atoms with Crippen molar-refractivity contribution in [3.8, 4) is 0 Å². The van der Waals surface area contributed by atoms with Crippen molar-refractivity contribution in [2.45, 2.75) is 38.1 Å². The molecule has 1 amide bonds. The number of amides is 1. The first-order chi connectivity index (χ1) is 10.3. The van der Waals surface area contributed by atoms with E-state index in [1.165, 1.54) is 18.4 Å². The molecular formula is C18H26N2O. The lowest BCUT2D eigenvalue weighted by Gasteiger charge is -2.32. The van der Waals surface area contributed by atoms with Crippen LogP contribution in [-0.4, -0.2) is 37.0 Å². The van der Waals surface area contributed by atoms with E-state index in [1.807, 2.05) is 7.05 Å². The predicted molar refractivity (Wildman–Crippen MR) is 85.0 cm³/mol. The summed E-state index contributed by atoms with van der Waals surface area (Å²) in [5.74, 6) is 1.71. The van der Waals surface area contributed by atoms with Gasteiger partial charge in [-0.15, -0.1) is 0 Å². The van der Waals surface area contributed by atoms with Crippen molar-refractivity contribution in [3.63, 3.8) is 0 Å². The van der Waals surface area contributed by atoms with E-state index in [9.17, 15) is 4.79 Å². The molecule has 1 N–H and O–H groups in total. The van der Waals surface area contributed by atoms with Crippen molar-refractivity contribution in [1.29, 1.82) is 0 Å². The zero-order valence-electron chi connectivity index (χ0n) is 12.9. The molecule has 3 heteroatoms. The molecule has 3 atom stereocenters. The first-order valence-corrected chi connectivity index (χ1v) is 8.25. The summed E-state index contributed by atoms with van der Waals surface area (Å²) < 4.78 is 0. The van der Waals surface area contributed by atoms with Crippen LogP contribution in [0.3, 0.4) is 0 Å². The van der Waals surface area contributed by atoms with Gasteiger partial charge in [0.2, 0.25) is 5.91 Å². The molecule has 2 aliphatic rings. The molecule has 1 unspecified atom stereocenters. The minimum absolute atomic E-state index is 0.371. The van der Waals surface area contributed by atoms with Crippen LogP contribution in [0.5, 0.6) is 0 Å². The number of piperidine rings is 1. The lowest BCUT2D eigenvalue weighted by molar-refractivity contribution is -0.133. The van der Waals surface area contributed by atoms with E-state index in [4.69, 9.17) is 0 Å². The monoisotopic (exact) mass is 286 g/mol. The number of likely N-dealkylation sites (tertiary alicyclic amines) is 1. The van der Waals surface area contributed by atoms with E-state index in [0.29, 0.717) is 17.9 Å². The van der Waals surface area contributed by atoms with Crippen LogP contribution in [0.15, 0.2) is 30.3 Å². The van der Waals surface area contributed by atoms with E-state index in [-0.39, 0.29) is 0 Å². The summed E-state index contributed by atoms with van der Waals surface area (Å²) in [6, 6.07) is 11.1. The first kappa shape index (κ1) is 14.6. The molecule has 1 saturated carbocycles. The molecule has 0 radical (unpaired) electrons. The molecule has 0 bridgehead atoms. The maximum Gasteiger partial charge on any atom is 0.222 e. The number of nitrogens with zero attached hydrogens (tertiary/aromatic N) is 1. The normalized spacial score (nSPS) is 28.4. The maximum atomic E-state index is 12.4. The number of hydrogen-bond acceptors (Lipinski definition) is 2. The van der Waals surface area contributed by atoms with E-state index in [0.717, 1.165) is 38.3 Å². The molecule has 1 saturated heterocycles. The Bertz CT molecular complexity index is 473. The van der Waals surface area contributed by atoms with Gasteiger partial charge in [-0.05, 0) is 50.1 Å². The maximum absolute atomic E-state index is 12.4. The van der Waals surface area contributed by atoms with Gasteiger partial charge < -0.3 is 10.2 Å². The predicted octanol–water partition coefficient (Wildman–Crippen LogP) is 2.47. The summed E-state index contributed by atoms with van der Waals surface area (Å²) in [5.41, 5.74) is 1.41. The Labute approximate surface area is 127 Å². The number of benzene rings is 1. The lowest BCUT2D eigenvalue weighted by Crippen LogP contribution is -2.47. The number of carbonyl (C=O) groups excluding carboxylic acids is 1. The smallest absolute Gasteiger partial charge is 0.222 e. The fourth-order valence-electron chi connectivity index (χ4n) is 3.52. The quantitative estimate of drug-likeness (QED) is 0.902. The van der Waals surface area contributed by atoms with Crippen molar-refractivity contribution in [2.24, 2.45) is 11.8 Å². The summed E-state index contributed by atoms with van der Waals surface area (Å²) in [4.78, 5) is 14.5. The molecule has 3 nitrogen and oxygen atoms in total. The fraction of sp³-hybridized carbons (Fsp3) is 0.611. The highest BCUT2D eigenvalue weighted by molar-refractivity contribution is 5.77. The number of carbonyl (C=O) groups is 1. The van der Waals surface area contributed by atoms with Crippen LogP contribution < -0.4 is 5.32 Å². The molecule has 1 aliphatic carbocycles. The highest BCUT2D eigenvalue weighted by Gasteiger charge is 2.39. The van der Waals surface area contributed by atoms with Gasteiger partial charge >= 0.3 is 0 Å². The van der Waals surface area contributed by atoms with Crippen molar-refractivity contribution in [3.05, 3.63) is 35.9 Å². The zero-order valence-corrected chi connectivity index (χ0v) is 12.9. The Morgan fingerprint density at radius 3 is 2.86 bits per heavy atom. The van der Waals surface area contributed by atoms with Gasteiger partial charge in [0.15, 0.2) is 0 Å². The second kappa shape index (κ2) is 6.61. The minimum Gasteiger partial charge on any atom is -0.341 e. The minimum atomic E-state index is 0.371. The Kier molecular flexibility index (Phi) is 4.59. The molecule has 2 fully saturated rings. The number of hydrogen-bond donors (Lipinski definition) is 1. The van der Waals surface area contributed by atoms with Crippen LogP contribution in [0.4, 0.5) is 0 Å². The van der Waals surface area contributed by atoms with Gasteiger partial charge in [0, 0.05) is 25.6 Å².